The normalized spacial score (nSPS) is 18.0. The molecule has 0 spiro atoms. The van der Waals surface area contributed by atoms with E-state index in [4.69, 9.17) is 4.52 Å². The molecule has 2 rings (SSSR count). The van der Waals surface area contributed by atoms with E-state index in [9.17, 15) is 8.42 Å². The second kappa shape index (κ2) is 10.7. The summed E-state index contributed by atoms with van der Waals surface area (Å²) in [6.45, 7) is 10.3. The van der Waals surface area contributed by atoms with E-state index in [1.165, 1.54) is 0 Å². The van der Waals surface area contributed by atoms with Crippen LogP contribution < -0.4 is 10.6 Å². The average molecular weight is 400 g/mol. The van der Waals surface area contributed by atoms with Crippen LogP contribution in [0.3, 0.4) is 0 Å². The van der Waals surface area contributed by atoms with Crippen molar-refractivity contribution in [3.8, 4) is 0 Å². The fourth-order valence-electron chi connectivity index (χ4n) is 3.11. The van der Waals surface area contributed by atoms with Crippen LogP contribution in [0.15, 0.2) is 15.6 Å². The molecule has 0 radical (unpaired) electrons. The third-order valence-corrected chi connectivity index (χ3v) is 6.48. The molecule has 0 bridgehead atoms. The Bertz CT molecular complexity index is 684. The zero-order chi connectivity index (χ0) is 19.7. The number of nitrogens with zero attached hydrogens (tertiary/aromatic N) is 3. The van der Waals surface area contributed by atoms with Gasteiger partial charge in [-0.2, -0.15) is 0 Å². The minimum Gasteiger partial charge on any atom is -0.359 e. The van der Waals surface area contributed by atoms with Crippen LogP contribution in [0.4, 0.5) is 0 Å². The van der Waals surface area contributed by atoms with E-state index in [1.807, 2.05) is 13.0 Å². The van der Waals surface area contributed by atoms with Crippen molar-refractivity contribution < 1.29 is 12.9 Å². The molecule has 8 nitrogen and oxygen atoms in total. The first kappa shape index (κ1) is 21.7. The topological polar surface area (TPSA) is 99.8 Å². The smallest absolute Gasteiger partial charge is 0.191 e. The summed E-state index contributed by atoms with van der Waals surface area (Å²) < 4.78 is 28.4. The standard InChI is InChI=1S/C18H33N5O3S/c1-4-15(5-2)17-13-16(26-22-17)14-21-18(19-6-3)20-7-8-23-9-11-27(24,25)12-10-23/h13,15H,4-12,14H2,1-3H3,(H2,19,20,21). The number of aliphatic imine (C=N–C) groups is 1. The summed E-state index contributed by atoms with van der Waals surface area (Å²) in [5.41, 5.74) is 1.00. The Morgan fingerprint density at radius 1 is 1.26 bits per heavy atom. The van der Waals surface area contributed by atoms with E-state index in [2.05, 4.69) is 39.5 Å². The number of aromatic nitrogens is 1. The number of rotatable bonds is 9. The molecule has 0 unspecified atom stereocenters. The summed E-state index contributed by atoms with van der Waals surface area (Å²) >= 11 is 0. The van der Waals surface area contributed by atoms with Gasteiger partial charge in [0.05, 0.1) is 17.2 Å². The summed E-state index contributed by atoms with van der Waals surface area (Å²) in [6.07, 6.45) is 2.10. The van der Waals surface area contributed by atoms with Gasteiger partial charge >= 0.3 is 0 Å². The zero-order valence-electron chi connectivity index (χ0n) is 16.7. The largest absolute Gasteiger partial charge is 0.359 e. The molecule has 0 atom stereocenters. The Morgan fingerprint density at radius 3 is 2.59 bits per heavy atom. The maximum Gasteiger partial charge on any atom is 0.191 e. The highest BCUT2D eigenvalue weighted by Crippen LogP contribution is 2.22. The number of hydrogen-bond donors (Lipinski definition) is 2. The second-order valence-corrected chi connectivity index (χ2v) is 9.15. The van der Waals surface area contributed by atoms with Crippen molar-refractivity contribution in [1.82, 2.24) is 20.7 Å². The molecule has 1 saturated heterocycles. The van der Waals surface area contributed by atoms with Crippen molar-refractivity contribution in [2.75, 3.05) is 44.2 Å². The van der Waals surface area contributed by atoms with E-state index in [-0.39, 0.29) is 11.5 Å². The summed E-state index contributed by atoms with van der Waals surface area (Å²) in [5, 5.41) is 10.7. The predicted octanol–water partition coefficient (Wildman–Crippen LogP) is 1.36. The molecule has 2 heterocycles. The average Bonchev–Trinajstić information content (AvgIpc) is 3.11. The van der Waals surface area contributed by atoms with Crippen molar-refractivity contribution in [3.05, 3.63) is 17.5 Å². The minimum absolute atomic E-state index is 0.255. The lowest BCUT2D eigenvalue weighted by Crippen LogP contribution is -2.45. The third kappa shape index (κ3) is 7.14. The molecule has 27 heavy (non-hydrogen) atoms. The molecule has 1 fully saturated rings. The highest BCUT2D eigenvalue weighted by molar-refractivity contribution is 7.91. The fourth-order valence-corrected chi connectivity index (χ4v) is 4.38. The lowest BCUT2D eigenvalue weighted by atomic mass is 9.99. The van der Waals surface area contributed by atoms with E-state index >= 15 is 0 Å². The molecule has 1 aliphatic rings. The summed E-state index contributed by atoms with van der Waals surface area (Å²) in [5.74, 6) is 2.43. The first-order valence-corrected chi connectivity index (χ1v) is 11.7. The van der Waals surface area contributed by atoms with Crippen LogP contribution in [0, 0.1) is 0 Å². The van der Waals surface area contributed by atoms with E-state index in [0.29, 0.717) is 32.1 Å². The first-order valence-electron chi connectivity index (χ1n) is 9.87. The maximum absolute atomic E-state index is 11.5. The summed E-state index contributed by atoms with van der Waals surface area (Å²) in [7, 11) is -2.83. The predicted molar refractivity (Wildman–Crippen MR) is 108 cm³/mol. The van der Waals surface area contributed by atoms with Crippen molar-refractivity contribution in [1.29, 1.82) is 0 Å². The molecule has 0 aromatic carbocycles. The molecule has 2 N–H and O–H groups in total. The Kier molecular flexibility index (Phi) is 8.56. The van der Waals surface area contributed by atoms with Gasteiger partial charge in [0.25, 0.3) is 0 Å². The molecule has 0 saturated carbocycles. The van der Waals surface area contributed by atoms with Crippen molar-refractivity contribution in [2.24, 2.45) is 4.99 Å². The molecule has 1 aromatic heterocycles. The first-order chi connectivity index (χ1) is 13.0. The van der Waals surface area contributed by atoms with Gasteiger partial charge < -0.3 is 15.2 Å². The van der Waals surface area contributed by atoms with Crippen LogP contribution in [0.5, 0.6) is 0 Å². The molecular formula is C18H33N5O3S. The second-order valence-electron chi connectivity index (χ2n) is 6.85. The third-order valence-electron chi connectivity index (χ3n) is 4.88. The van der Waals surface area contributed by atoms with Crippen LogP contribution >= 0.6 is 0 Å². The zero-order valence-corrected chi connectivity index (χ0v) is 17.5. The van der Waals surface area contributed by atoms with Gasteiger partial charge in [0.2, 0.25) is 0 Å². The van der Waals surface area contributed by atoms with Crippen LogP contribution in [-0.4, -0.2) is 68.7 Å². The Labute approximate surface area is 162 Å². The van der Waals surface area contributed by atoms with Crippen molar-refractivity contribution in [2.45, 2.75) is 46.1 Å². The number of guanidine groups is 1. The van der Waals surface area contributed by atoms with E-state index in [1.54, 1.807) is 0 Å². The molecule has 0 aliphatic carbocycles. The van der Waals surface area contributed by atoms with Gasteiger partial charge in [0.1, 0.15) is 6.54 Å². The van der Waals surface area contributed by atoms with Gasteiger partial charge in [0.15, 0.2) is 21.6 Å². The minimum atomic E-state index is -2.83. The molecular weight excluding hydrogens is 366 g/mol. The number of nitrogens with one attached hydrogen (secondary N) is 2. The quantitative estimate of drug-likeness (QED) is 0.478. The monoisotopic (exact) mass is 399 g/mol. The van der Waals surface area contributed by atoms with Crippen molar-refractivity contribution in [3.63, 3.8) is 0 Å². The Hall–Kier alpha value is -1.61. The van der Waals surface area contributed by atoms with E-state index < -0.39 is 9.84 Å². The molecule has 0 amide bonds. The van der Waals surface area contributed by atoms with Gasteiger partial charge in [-0.3, -0.25) is 4.90 Å². The fraction of sp³-hybridized carbons (Fsp3) is 0.778. The lowest BCUT2D eigenvalue weighted by molar-refractivity contribution is 0.299. The summed E-state index contributed by atoms with van der Waals surface area (Å²) in [6, 6.07) is 2.00. The maximum atomic E-state index is 11.5. The van der Waals surface area contributed by atoms with Crippen molar-refractivity contribution >= 4 is 15.8 Å². The SMILES string of the molecule is CCNC(=NCc1cc(C(CC)CC)no1)NCCN1CCS(=O)(=O)CC1. The molecule has 9 heteroatoms. The van der Waals surface area contributed by atoms with Gasteiger partial charge in [-0.1, -0.05) is 19.0 Å². The number of sulfone groups is 1. The lowest BCUT2D eigenvalue weighted by Gasteiger charge is -2.26. The van der Waals surface area contributed by atoms with Crippen LogP contribution in [0.2, 0.25) is 0 Å². The summed E-state index contributed by atoms with van der Waals surface area (Å²) in [4.78, 5) is 6.72. The Morgan fingerprint density at radius 2 is 1.96 bits per heavy atom. The highest BCUT2D eigenvalue weighted by Gasteiger charge is 2.21. The molecule has 154 valence electrons. The van der Waals surface area contributed by atoms with Gasteiger partial charge in [-0.05, 0) is 19.8 Å². The number of hydrogen-bond acceptors (Lipinski definition) is 6. The van der Waals surface area contributed by atoms with Gasteiger partial charge in [0, 0.05) is 44.7 Å². The van der Waals surface area contributed by atoms with Crippen LogP contribution in [0.25, 0.3) is 0 Å². The molecule has 1 aliphatic heterocycles. The Balaban J connectivity index is 1.82. The molecule has 1 aromatic rings. The van der Waals surface area contributed by atoms with Gasteiger partial charge in [-0.15, -0.1) is 0 Å². The van der Waals surface area contributed by atoms with Gasteiger partial charge in [-0.25, -0.2) is 13.4 Å². The van der Waals surface area contributed by atoms with Crippen LogP contribution in [0.1, 0.15) is 51.0 Å². The van der Waals surface area contributed by atoms with Crippen LogP contribution in [-0.2, 0) is 16.4 Å². The van der Waals surface area contributed by atoms with E-state index in [0.717, 1.165) is 43.3 Å². The highest BCUT2D eigenvalue weighted by atomic mass is 32.2.